The van der Waals surface area contributed by atoms with Crippen LogP contribution in [-0.4, -0.2) is 24.5 Å². The maximum absolute atomic E-state index is 11.1. The highest BCUT2D eigenvalue weighted by Crippen LogP contribution is 2.11. The van der Waals surface area contributed by atoms with E-state index in [4.69, 9.17) is 0 Å². The number of carbonyl (C=O) groups excluding carboxylic acids is 1. The molecule has 1 unspecified atom stereocenters. The number of guanidine groups is 1. The van der Waals surface area contributed by atoms with Gasteiger partial charge in [0.25, 0.3) is 0 Å². The van der Waals surface area contributed by atoms with Gasteiger partial charge in [-0.05, 0) is 38.0 Å². The molecule has 0 radical (unpaired) electrons. The lowest BCUT2D eigenvalue weighted by Gasteiger charge is -2.17. The average molecular weight is 332 g/mol. The number of aliphatic imine (C=N–C) groups is 1. The molecule has 0 saturated heterocycles. The summed E-state index contributed by atoms with van der Waals surface area (Å²) < 4.78 is 0. The molecule has 0 spiro atoms. The maximum Gasteiger partial charge on any atom is 0.221 e. The summed E-state index contributed by atoms with van der Waals surface area (Å²) in [7, 11) is 0. The third-order valence-corrected chi connectivity index (χ3v) is 3.64. The zero-order chi connectivity index (χ0) is 17.8. The lowest BCUT2D eigenvalue weighted by Crippen LogP contribution is -2.42. The van der Waals surface area contributed by atoms with Gasteiger partial charge in [-0.15, -0.1) is 0 Å². The number of anilines is 1. The molecule has 3 N–H and O–H groups in total. The van der Waals surface area contributed by atoms with Gasteiger partial charge in [0.05, 0.1) is 6.54 Å². The molecule has 0 fully saturated rings. The van der Waals surface area contributed by atoms with E-state index in [-0.39, 0.29) is 5.91 Å². The van der Waals surface area contributed by atoms with Crippen molar-refractivity contribution < 1.29 is 4.79 Å². The molecule has 5 nitrogen and oxygen atoms in total. The summed E-state index contributed by atoms with van der Waals surface area (Å²) in [6.07, 6.45) is 4.90. The molecule has 0 aliphatic rings. The second kappa shape index (κ2) is 11.5. The lowest BCUT2D eigenvalue weighted by atomic mass is 10.1. The largest absolute Gasteiger partial charge is 0.357 e. The molecule has 0 bridgehead atoms. The molecule has 1 aromatic rings. The minimum Gasteiger partial charge on any atom is -0.357 e. The van der Waals surface area contributed by atoms with E-state index in [9.17, 15) is 4.79 Å². The van der Waals surface area contributed by atoms with Gasteiger partial charge in [-0.25, -0.2) is 4.99 Å². The van der Waals surface area contributed by atoms with Crippen LogP contribution in [0.3, 0.4) is 0 Å². The van der Waals surface area contributed by atoms with Crippen LogP contribution in [0.1, 0.15) is 58.9 Å². The summed E-state index contributed by atoms with van der Waals surface area (Å²) in [5.74, 6) is 0.776. The topological polar surface area (TPSA) is 65.5 Å². The van der Waals surface area contributed by atoms with E-state index >= 15 is 0 Å². The van der Waals surface area contributed by atoms with Crippen molar-refractivity contribution >= 4 is 17.6 Å². The van der Waals surface area contributed by atoms with Crippen molar-refractivity contribution in [3.63, 3.8) is 0 Å². The first kappa shape index (κ1) is 20.0. The Labute approximate surface area is 146 Å². The van der Waals surface area contributed by atoms with Crippen molar-refractivity contribution in [1.29, 1.82) is 0 Å². The van der Waals surface area contributed by atoms with E-state index in [1.165, 1.54) is 26.2 Å². The molecule has 1 amide bonds. The summed E-state index contributed by atoms with van der Waals surface area (Å²) in [6.45, 7) is 9.40. The zero-order valence-corrected chi connectivity index (χ0v) is 15.5. The highest BCUT2D eigenvalue weighted by molar-refractivity contribution is 5.88. The molecule has 0 aromatic heterocycles. The van der Waals surface area contributed by atoms with Crippen LogP contribution in [0.5, 0.6) is 0 Å². The van der Waals surface area contributed by atoms with E-state index in [0.29, 0.717) is 12.6 Å². The van der Waals surface area contributed by atoms with Crippen molar-refractivity contribution in [2.45, 2.75) is 66.0 Å². The van der Waals surface area contributed by atoms with Crippen LogP contribution in [0.2, 0.25) is 0 Å². The second-order valence-electron chi connectivity index (χ2n) is 6.12. The number of rotatable bonds is 9. The molecule has 0 aliphatic heterocycles. The van der Waals surface area contributed by atoms with Gasteiger partial charge in [0, 0.05) is 25.2 Å². The Hall–Kier alpha value is -2.04. The van der Waals surface area contributed by atoms with E-state index in [1.54, 1.807) is 0 Å². The number of unbranched alkanes of at least 4 members (excludes halogenated alkanes) is 2. The van der Waals surface area contributed by atoms with Gasteiger partial charge in [0.1, 0.15) is 0 Å². The summed E-state index contributed by atoms with van der Waals surface area (Å²) in [5.41, 5.74) is 1.87. The van der Waals surface area contributed by atoms with Crippen LogP contribution in [0, 0.1) is 0 Å². The van der Waals surface area contributed by atoms with Crippen molar-refractivity contribution in [3.05, 3.63) is 29.8 Å². The molecule has 0 aliphatic carbocycles. The molecule has 0 saturated carbocycles. The average Bonchev–Trinajstić information content (AvgIpc) is 2.53. The van der Waals surface area contributed by atoms with Crippen molar-refractivity contribution in [2.24, 2.45) is 4.99 Å². The van der Waals surface area contributed by atoms with E-state index in [0.717, 1.165) is 30.2 Å². The van der Waals surface area contributed by atoms with Crippen LogP contribution in [-0.2, 0) is 11.3 Å². The molecule has 5 heteroatoms. The minimum atomic E-state index is -0.0634. The smallest absolute Gasteiger partial charge is 0.221 e. The van der Waals surface area contributed by atoms with E-state index in [1.807, 2.05) is 24.3 Å². The molecule has 1 aromatic carbocycles. The van der Waals surface area contributed by atoms with Crippen molar-refractivity contribution in [1.82, 2.24) is 10.6 Å². The summed E-state index contributed by atoms with van der Waals surface area (Å²) >= 11 is 0. The van der Waals surface area contributed by atoms with Crippen LogP contribution in [0.4, 0.5) is 5.69 Å². The number of nitrogens with zero attached hydrogens (tertiary/aromatic N) is 1. The van der Waals surface area contributed by atoms with Gasteiger partial charge in [-0.3, -0.25) is 4.79 Å². The summed E-state index contributed by atoms with van der Waals surface area (Å²) in [5, 5.41) is 9.55. The molecule has 24 heavy (non-hydrogen) atoms. The highest BCUT2D eigenvalue weighted by atomic mass is 16.1. The fraction of sp³-hybridized carbons (Fsp3) is 0.579. The predicted molar refractivity (Wildman–Crippen MR) is 102 cm³/mol. The summed E-state index contributed by atoms with van der Waals surface area (Å²) in [6, 6.07) is 8.19. The maximum atomic E-state index is 11.1. The van der Waals surface area contributed by atoms with Crippen LogP contribution >= 0.6 is 0 Å². The first-order chi connectivity index (χ1) is 11.5. The quantitative estimate of drug-likeness (QED) is 0.367. The number of hydrogen-bond donors (Lipinski definition) is 3. The number of nitrogens with one attached hydrogen (secondary N) is 3. The minimum absolute atomic E-state index is 0.0634. The number of hydrogen-bond acceptors (Lipinski definition) is 2. The van der Waals surface area contributed by atoms with Crippen molar-refractivity contribution in [2.75, 3.05) is 11.9 Å². The van der Waals surface area contributed by atoms with Gasteiger partial charge >= 0.3 is 0 Å². The Kier molecular flexibility index (Phi) is 9.58. The molecular formula is C19H32N4O. The van der Waals surface area contributed by atoms with Gasteiger partial charge in [-0.2, -0.15) is 0 Å². The first-order valence-electron chi connectivity index (χ1n) is 8.96. The Morgan fingerprint density at radius 3 is 2.71 bits per heavy atom. The number of carbonyl (C=O) groups is 1. The standard InChI is InChI=1S/C19H32N4O/c1-5-7-8-10-15(3)22-19(20-6-2)21-14-17-11-9-12-18(13-17)23-16(4)24/h9,11-13,15H,5-8,10,14H2,1-4H3,(H,23,24)(H2,20,21,22). The third-order valence-electron chi connectivity index (χ3n) is 3.64. The molecule has 134 valence electrons. The highest BCUT2D eigenvalue weighted by Gasteiger charge is 2.05. The molecule has 1 atom stereocenters. The van der Waals surface area contributed by atoms with Gasteiger partial charge in [-0.1, -0.05) is 38.3 Å². The van der Waals surface area contributed by atoms with Crippen LogP contribution < -0.4 is 16.0 Å². The Bertz CT molecular complexity index is 528. The van der Waals surface area contributed by atoms with Gasteiger partial charge in [0.2, 0.25) is 5.91 Å². The summed E-state index contributed by atoms with van der Waals surface area (Å²) in [4.78, 5) is 15.8. The van der Waals surface area contributed by atoms with Crippen LogP contribution in [0.15, 0.2) is 29.3 Å². The molecular weight excluding hydrogens is 300 g/mol. The second-order valence-corrected chi connectivity index (χ2v) is 6.12. The zero-order valence-electron chi connectivity index (χ0n) is 15.5. The number of benzene rings is 1. The normalized spacial score (nSPS) is 12.6. The monoisotopic (exact) mass is 332 g/mol. The molecule has 0 heterocycles. The van der Waals surface area contributed by atoms with E-state index < -0.39 is 0 Å². The SMILES string of the molecule is CCCCCC(C)NC(=NCc1cccc(NC(C)=O)c1)NCC. The Morgan fingerprint density at radius 2 is 2.04 bits per heavy atom. The Balaban J connectivity index is 2.63. The van der Waals surface area contributed by atoms with E-state index in [2.05, 4.69) is 41.7 Å². The van der Waals surface area contributed by atoms with Gasteiger partial charge < -0.3 is 16.0 Å². The Morgan fingerprint density at radius 1 is 1.25 bits per heavy atom. The van der Waals surface area contributed by atoms with Crippen LogP contribution in [0.25, 0.3) is 0 Å². The number of amides is 1. The molecule has 1 rings (SSSR count). The third kappa shape index (κ3) is 8.56. The first-order valence-corrected chi connectivity index (χ1v) is 8.96. The predicted octanol–water partition coefficient (Wildman–Crippen LogP) is 3.67. The van der Waals surface area contributed by atoms with Crippen molar-refractivity contribution in [3.8, 4) is 0 Å². The van der Waals surface area contributed by atoms with Gasteiger partial charge in [0.15, 0.2) is 5.96 Å². The fourth-order valence-electron chi connectivity index (χ4n) is 2.45. The fourth-order valence-corrected chi connectivity index (χ4v) is 2.45. The lowest BCUT2D eigenvalue weighted by molar-refractivity contribution is -0.114.